The maximum Gasteiger partial charge on any atom is 0.410 e. The molecule has 0 heterocycles. The van der Waals surface area contributed by atoms with Crippen LogP contribution >= 0.6 is 0 Å². The van der Waals surface area contributed by atoms with Crippen LogP contribution in [-0.4, -0.2) is 99.3 Å². The predicted octanol–water partition coefficient (Wildman–Crippen LogP) is 2.65. The zero-order valence-electron chi connectivity index (χ0n) is 21.1. The van der Waals surface area contributed by atoms with Gasteiger partial charge in [-0.05, 0) is 48.0 Å². The summed E-state index contributed by atoms with van der Waals surface area (Å²) in [7, 11) is 3.21. The van der Waals surface area contributed by atoms with E-state index >= 15 is 0 Å². The Hall–Kier alpha value is -2.07. The summed E-state index contributed by atoms with van der Waals surface area (Å²) in [6.45, 7) is 13.5. The maximum absolute atomic E-state index is 12.0. The number of hydrogen-bond donors (Lipinski definition) is 1. The van der Waals surface area contributed by atoms with E-state index in [4.69, 9.17) is 18.9 Å². The van der Waals surface area contributed by atoms with Crippen LogP contribution in [0.25, 0.3) is 0 Å². The Morgan fingerprint density at radius 3 is 1.78 bits per heavy atom. The normalized spacial score (nSPS) is 11.6. The van der Waals surface area contributed by atoms with E-state index in [9.17, 15) is 14.4 Å². The van der Waals surface area contributed by atoms with Crippen molar-refractivity contribution in [3.63, 3.8) is 0 Å². The fourth-order valence-electron chi connectivity index (χ4n) is 2.26. The summed E-state index contributed by atoms with van der Waals surface area (Å²) < 4.78 is 21.2. The van der Waals surface area contributed by atoms with E-state index in [0.29, 0.717) is 45.8 Å². The maximum atomic E-state index is 12.0. The van der Waals surface area contributed by atoms with Crippen molar-refractivity contribution in [2.75, 3.05) is 60.2 Å². The number of hydrogen-bond acceptors (Lipinski definition) is 7. The van der Waals surface area contributed by atoms with Crippen LogP contribution in [0.15, 0.2) is 0 Å². The number of carbonyl (C=O) groups is 3. The Balaban J connectivity index is 3.70. The van der Waals surface area contributed by atoms with E-state index in [1.807, 2.05) is 20.8 Å². The fourth-order valence-corrected chi connectivity index (χ4v) is 2.26. The molecule has 0 aliphatic carbocycles. The van der Waals surface area contributed by atoms with E-state index < -0.39 is 17.8 Å². The monoisotopic (exact) mass is 461 g/mol. The topological polar surface area (TPSA) is 107 Å². The average molecular weight is 462 g/mol. The third-order valence-electron chi connectivity index (χ3n) is 3.82. The second-order valence-electron chi connectivity index (χ2n) is 9.56. The highest BCUT2D eigenvalue weighted by atomic mass is 16.6. The first-order chi connectivity index (χ1) is 14.7. The number of amides is 3. The molecule has 0 saturated carbocycles. The van der Waals surface area contributed by atoms with E-state index in [0.717, 1.165) is 0 Å². The standard InChI is InChI=1S/C22H43N3O7/c1-21(2,3)23-18(26)10-9-13-29-14-15-30-16-17-31-19(27)24(7)11-12-25(8)20(28)32-22(4,5)6/h9-17H2,1-8H3,(H,23,26). The summed E-state index contributed by atoms with van der Waals surface area (Å²) in [4.78, 5) is 38.3. The van der Waals surface area contributed by atoms with Crippen LogP contribution in [0.4, 0.5) is 9.59 Å². The molecule has 0 radical (unpaired) electrons. The summed E-state index contributed by atoms with van der Waals surface area (Å²) in [6, 6.07) is 0. The quantitative estimate of drug-likeness (QED) is 0.420. The van der Waals surface area contributed by atoms with Crippen LogP contribution in [0.3, 0.4) is 0 Å². The summed E-state index contributed by atoms with van der Waals surface area (Å²) in [5, 5.41) is 2.90. The molecule has 10 nitrogen and oxygen atoms in total. The minimum Gasteiger partial charge on any atom is -0.447 e. The van der Waals surface area contributed by atoms with Crippen molar-refractivity contribution < 1.29 is 33.3 Å². The number of carbonyl (C=O) groups excluding carboxylic acids is 3. The highest BCUT2D eigenvalue weighted by Crippen LogP contribution is 2.09. The van der Waals surface area contributed by atoms with Gasteiger partial charge in [-0.25, -0.2) is 9.59 Å². The SMILES string of the molecule is CN(CCN(C)C(=O)OC(C)(C)C)C(=O)OCCOCCOCCCC(=O)NC(C)(C)C. The van der Waals surface area contributed by atoms with Crippen LogP contribution in [0.1, 0.15) is 54.4 Å². The van der Waals surface area contributed by atoms with Crippen molar-refractivity contribution >= 4 is 18.1 Å². The molecular weight excluding hydrogens is 418 g/mol. The molecule has 0 spiro atoms. The molecule has 0 aliphatic rings. The van der Waals surface area contributed by atoms with Crippen LogP contribution in [0.5, 0.6) is 0 Å². The molecule has 0 aromatic carbocycles. The molecule has 0 aliphatic heterocycles. The van der Waals surface area contributed by atoms with Crippen molar-refractivity contribution in [1.82, 2.24) is 15.1 Å². The van der Waals surface area contributed by atoms with Crippen molar-refractivity contribution in [3.8, 4) is 0 Å². The average Bonchev–Trinajstić information content (AvgIpc) is 2.64. The molecular formula is C22H43N3O7. The zero-order valence-corrected chi connectivity index (χ0v) is 21.1. The lowest BCUT2D eigenvalue weighted by atomic mass is 10.1. The van der Waals surface area contributed by atoms with Crippen LogP contribution in [0.2, 0.25) is 0 Å². The van der Waals surface area contributed by atoms with Gasteiger partial charge in [0.2, 0.25) is 5.91 Å². The molecule has 1 N–H and O–H groups in total. The zero-order chi connectivity index (χ0) is 24.8. The summed E-state index contributed by atoms with van der Waals surface area (Å²) >= 11 is 0. The van der Waals surface area contributed by atoms with Crippen molar-refractivity contribution in [2.24, 2.45) is 0 Å². The molecule has 32 heavy (non-hydrogen) atoms. The van der Waals surface area contributed by atoms with E-state index in [2.05, 4.69) is 5.32 Å². The van der Waals surface area contributed by atoms with Gasteiger partial charge in [0.05, 0.1) is 19.8 Å². The van der Waals surface area contributed by atoms with Gasteiger partial charge < -0.3 is 34.1 Å². The minimum atomic E-state index is -0.566. The van der Waals surface area contributed by atoms with Crippen LogP contribution in [0, 0.1) is 0 Å². The number of nitrogens with one attached hydrogen (secondary N) is 1. The number of likely N-dealkylation sites (N-methyl/N-ethyl adjacent to an activating group) is 2. The molecule has 0 rings (SSSR count). The van der Waals surface area contributed by atoms with Crippen LogP contribution in [-0.2, 0) is 23.7 Å². The van der Waals surface area contributed by atoms with Gasteiger partial charge in [0, 0.05) is 45.8 Å². The molecule has 188 valence electrons. The predicted molar refractivity (Wildman–Crippen MR) is 122 cm³/mol. The summed E-state index contributed by atoms with van der Waals surface area (Å²) in [6.07, 6.45) is 0.142. The molecule has 10 heteroatoms. The first-order valence-corrected chi connectivity index (χ1v) is 11.0. The van der Waals surface area contributed by atoms with Crippen molar-refractivity contribution in [1.29, 1.82) is 0 Å². The Labute approximate surface area is 192 Å². The van der Waals surface area contributed by atoms with E-state index in [1.54, 1.807) is 34.9 Å². The molecule has 0 bridgehead atoms. The summed E-state index contributed by atoms with van der Waals surface area (Å²) in [5.41, 5.74) is -0.787. The fraction of sp³-hybridized carbons (Fsp3) is 0.864. The molecule has 0 fully saturated rings. The van der Waals surface area contributed by atoms with Crippen molar-refractivity contribution in [3.05, 3.63) is 0 Å². The third kappa shape index (κ3) is 17.6. The van der Waals surface area contributed by atoms with Gasteiger partial charge >= 0.3 is 12.2 Å². The number of rotatable bonds is 13. The van der Waals surface area contributed by atoms with E-state index in [-0.39, 0.29) is 24.7 Å². The smallest absolute Gasteiger partial charge is 0.410 e. The van der Waals surface area contributed by atoms with Gasteiger partial charge in [0.15, 0.2) is 0 Å². The molecule has 0 aromatic heterocycles. The molecule has 0 unspecified atom stereocenters. The van der Waals surface area contributed by atoms with Gasteiger partial charge in [-0.2, -0.15) is 0 Å². The van der Waals surface area contributed by atoms with Gasteiger partial charge in [0.25, 0.3) is 0 Å². The lowest BCUT2D eigenvalue weighted by Crippen LogP contribution is -2.40. The summed E-state index contributed by atoms with van der Waals surface area (Å²) in [5.74, 6) is 0.0145. The van der Waals surface area contributed by atoms with Gasteiger partial charge in [-0.3, -0.25) is 4.79 Å². The Kier molecular flexibility index (Phi) is 13.9. The lowest BCUT2D eigenvalue weighted by Gasteiger charge is -2.26. The molecule has 0 aromatic rings. The molecule has 0 saturated heterocycles. The van der Waals surface area contributed by atoms with E-state index in [1.165, 1.54) is 9.80 Å². The molecule has 0 atom stereocenters. The van der Waals surface area contributed by atoms with Gasteiger partial charge in [-0.15, -0.1) is 0 Å². The Bertz CT molecular complexity index is 571. The third-order valence-corrected chi connectivity index (χ3v) is 3.82. The lowest BCUT2D eigenvalue weighted by molar-refractivity contribution is -0.122. The number of nitrogens with zero attached hydrogens (tertiary/aromatic N) is 2. The highest BCUT2D eigenvalue weighted by molar-refractivity contribution is 5.76. The Morgan fingerprint density at radius 2 is 1.25 bits per heavy atom. The van der Waals surface area contributed by atoms with Crippen LogP contribution < -0.4 is 5.32 Å². The highest BCUT2D eigenvalue weighted by Gasteiger charge is 2.20. The van der Waals surface area contributed by atoms with Gasteiger partial charge in [-0.1, -0.05) is 0 Å². The largest absolute Gasteiger partial charge is 0.447 e. The first-order valence-electron chi connectivity index (χ1n) is 11.0. The van der Waals surface area contributed by atoms with Gasteiger partial charge in [0.1, 0.15) is 12.2 Å². The second kappa shape index (κ2) is 14.9. The Morgan fingerprint density at radius 1 is 0.750 bits per heavy atom. The van der Waals surface area contributed by atoms with Crippen molar-refractivity contribution in [2.45, 2.75) is 65.5 Å². The minimum absolute atomic E-state index is 0.0145. The first kappa shape index (κ1) is 29.9. The second-order valence-corrected chi connectivity index (χ2v) is 9.56. The molecule has 3 amide bonds. The number of ether oxygens (including phenoxy) is 4.